The van der Waals surface area contributed by atoms with Crippen LogP contribution in [0.4, 0.5) is 13.2 Å². The summed E-state index contributed by atoms with van der Waals surface area (Å²) in [4.78, 5) is 4.46. The summed E-state index contributed by atoms with van der Waals surface area (Å²) in [6.07, 6.45) is -1.88. The van der Waals surface area contributed by atoms with Gasteiger partial charge in [-0.3, -0.25) is 0 Å². The maximum Gasteiger partial charge on any atom is 0.471 e. The Kier molecular flexibility index (Phi) is 3.84. The molecule has 0 aliphatic rings. The minimum absolute atomic E-state index is 0.0466. The molecule has 2 rings (SSSR count). The molecule has 0 amide bonds. The first-order valence-electron chi connectivity index (χ1n) is 5.54. The smallest absolute Gasteiger partial charge is 0.329 e. The van der Waals surface area contributed by atoms with Gasteiger partial charge in [0.15, 0.2) is 0 Å². The Hall–Kier alpha value is -1.50. The van der Waals surface area contributed by atoms with Crippen LogP contribution in [0.2, 0.25) is 0 Å². The van der Waals surface area contributed by atoms with Crippen LogP contribution in [0, 0.1) is 0 Å². The average molecular weight is 288 g/mol. The van der Waals surface area contributed by atoms with Crippen molar-refractivity contribution in [3.8, 4) is 11.4 Å². The number of rotatable bonds is 3. The van der Waals surface area contributed by atoms with E-state index in [1.165, 1.54) is 0 Å². The van der Waals surface area contributed by atoms with E-state index in [0.717, 1.165) is 16.9 Å². The summed E-state index contributed by atoms with van der Waals surface area (Å²) in [6.45, 7) is 1.98. The summed E-state index contributed by atoms with van der Waals surface area (Å²) in [5, 5.41) is 3.37. The lowest BCUT2D eigenvalue weighted by atomic mass is 10.1. The SMILES string of the molecule is CCc1cc(-c2noc(C(F)(F)F)n2)ccc1SC. The monoisotopic (exact) mass is 288 g/mol. The molecule has 0 N–H and O–H groups in total. The molecular formula is C12H11F3N2OS. The minimum Gasteiger partial charge on any atom is -0.329 e. The first-order valence-corrected chi connectivity index (χ1v) is 6.76. The zero-order valence-corrected chi connectivity index (χ0v) is 11.1. The Balaban J connectivity index is 2.39. The molecule has 19 heavy (non-hydrogen) atoms. The largest absolute Gasteiger partial charge is 0.471 e. The third kappa shape index (κ3) is 2.91. The molecule has 7 heteroatoms. The number of aromatic nitrogens is 2. The van der Waals surface area contributed by atoms with Gasteiger partial charge in [0.05, 0.1) is 0 Å². The molecule has 0 fully saturated rings. The topological polar surface area (TPSA) is 38.9 Å². The van der Waals surface area contributed by atoms with Crippen LogP contribution >= 0.6 is 11.8 Å². The molecule has 3 nitrogen and oxygen atoms in total. The highest BCUT2D eigenvalue weighted by Gasteiger charge is 2.38. The fourth-order valence-corrected chi connectivity index (χ4v) is 2.32. The van der Waals surface area contributed by atoms with Crippen LogP contribution in [0.5, 0.6) is 0 Å². The first-order chi connectivity index (χ1) is 8.95. The molecule has 0 saturated carbocycles. The Labute approximate surface area is 112 Å². The van der Waals surface area contributed by atoms with Gasteiger partial charge in [-0.25, -0.2) is 0 Å². The summed E-state index contributed by atoms with van der Waals surface area (Å²) < 4.78 is 41.4. The van der Waals surface area contributed by atoms with E-state index in [4.69, 9.17) is 0 Å². The van der Waals surface area contributed by atoms with E-state index in [9.17, 15) is 13.2 Å². The number of hydrogen-bond donors (Lipinski definition) is 0. The second kappa shape index (κ2) is 5.24. The molecule has 102 valence electrons. The van der Waals surface area contributed by atoms with E-state index in [-0.39, 0.29) is 5.82 Å². The van der Waals surface area contributed by atoms with Crippen molar-refractivity contribution in [1.29, 1.82) is 0 Å². The van der Waals surface area contributed by atoms with Crippen molar-refractivity contribution in [2.24, 2.45) is 0 Å². The van der Waals surface area contributed by atoms with E-state index < -0.39 is 12.1 Å². The van der Waals surface area contributed by atoms with Crippen LogP contribution in [-0.4, -0.2) is 16.4 Å². The molecule has 1 heterocycles. The zero-order chi connectivity index (χ0) is 14.0. The van der Waals surface area contributed by atoms with E-state index in [1.807, 2.05) is 19.2 Å². The van der Waals surface area contributed by atoms with Gasteiger partial charge in [0.25, 0.3) is 0 Å². The van der Waals surface area contributed by atoms with E-state index in [1.54, 1.807) is 23.9 Å². The van der Waals surface area contributed by atoms with Crippen molar-refractivity contribution in [3.63, 3.8) is 0 Å². The number of benzene rings is 1. The third-order valence-corrected chi connectivity index (χ3v) is 3.43. The number of thioether (sulfide) groups is 1. The molecule has 0 aliphatic heterocycles. The predicted molar refractivity (Wildman–Crippen MR) is 65.9 cm³/mol. The summed E-state index contributed by atoms with van der Waals surface area (Å²) in [7, 11) is 0. The molecule has 0 saturated heterocycles. The molecule has 0 radical (unpaired) electrons. The van der Waals surface area contributed by atoms with Crippen molar-refractivity contribution in [2.75, 3.05) is 6.26 Å². The maximum atomic E-state index is 12.4. The lowest BCUT2D eigenvalue weighted by Gasteiger charge is -2.05. The van der Waals surface area contributed by atoms with Gasteiger partial charge in [0, 0.05) is 10.5 Å². The number of halogens is 3. The van der Waals surface area contributed by atoms with Gasteiger partial charge in [-0.15, -0.1) is 11.8 Å². The molecule has 0 bridgehead atoms. The predicted octanol–water partition coefficient (Wildman–Crippen LogP) is 4.04. The van der Waals surface area contributed by atoms with Crippen LogP contribution in [0.25, 0.3) is 11.4 Å². The van der Waals surface area contributed by atoms with E-state index >= 15 is 0 Å². The maximum absolute atomic E-state index is 12.4. The van der Waals surface area contributed by atoms with Gasteiger partial charge in [-0.05, 0) is 36.4 Å². The number of alkyl halides is 3. The average Bonchev–Trinajstić information content (AvgIpc) is 2.87. The van der Waals surface area contributed by atoms with Crippen molar-refractivity contribution >= 4 is 11.8 Å². The summed E-state index contributed by atoms with van der Waals surface area (Å²) in [5.74, 6) is -1.37. The fourth-order valence-electron chi connectivity index (χ4n) is 1.65. The lowest BCUT2D eigenvalue weighted by Crippen LogP contribution is -2.04. The summed E-state index contributed by atoms with van der Waals surface area (Å²) in [6, 6.07) is 5.33. The highest BCUT2D eigenvalue weighted by atomic mass is 32.2. The molecule has 0 unspecified atom stereocenters. The first kappa shape index (κ1) is 13.9. The third-order valence-electron chi connectivity index (χ3n) is 2.59. The van der Waals surface area contributed by atoms with E-state index in [0.29, 0.717) is 5.56 Å². The molecule has 0 atom stereocenters. The Morgan fingerprint density at radius 2 is 2.05 bits per heavy atom. The number of aryl methyl sites for hydroxylation is 1. The van der Waals surface area contributed by atoms with Gasteiger partial charge >= 0.3 is 12.1 Å². The minimum atomic E-state index is -4.61. The molecule has 1 aromatic carbocycles. The van der Waals surface area contributed by atoms with Gasteiger partial charge < -0.3 is 4.52 Å². The Morgan fingerprint density at radius 1 is 1.32 bits per heavy atom. The highest BCUT2D eigenvalue weighted by Crippen LogP contribution is 2.31. The number of nitrogens with zero attached hydrogens (tertiary/aromatic N) is 2. The van der Waals surface area contributed by atoms with Crippen molar-refractivity contribution < 1.29 is 17.7 Å². The summed E-state index contributed by atoms with van der Waals surface area (Å²) in [5.41, 5.74) is 1.57. The van der Waals surface area contributed by atoms with Gasteiger partial charge in [-0.1, -0.05) is 12.1 Å². The molecule has 1 aromatic heterocycles. The van der Waals surface area contributed by atoms with E-state index in [2.05, 4.69) is 14.7 Å². The Bertz CT molecular complexity index is 581. The van der Waals surface area contributed by atoms with Gasteiger partial charge in [0.1, 0.15) is 0 Å². The van der Waals surface area contributed by atoms with Crippen LogP contribution < -0.4 is 0 Å². The van der Waals surface area contributed by atoms with Crippen LogP contribution in [0.15, 0.2) is 27.6 Å². The van der Waals surface area contributed by atoms with Crippen LogP contribution in [-0.2, 0) is 12.6 Å². The van der Waals surface area contributed by atoms with Crippen molar-refractivity contribution in [3.05, 3.63) is 29.7 Å². The summed E-state index contributed by atoms with van der Waals surface area (Å²) >= 11 is 1.59. The van der Waals surface area contributed by atoms with Crippen LogP contribution in [0.1, 0.15) is 18.4 Å². The standard InChI is InChI=1S/C12H11F3N2OS/c1-3-7-6-8(4-5-9(7)19-2)10-16-11(18-17-10)12(13,14)15/h4-6H,3H2,1-2H3. The molecular weight excluding hydrogens is 277 g/mol. The second-order valence-electron chi connectivity index (χ2n) is 3.80. The van der Waals surface area contributed by atoms with Crippen molar-refractivity contribution in [1.82, 2.24) is 10.1 Å². The van der Waals surface area contributed by atoms with Gasteiger partial charge in [0.2, 0.25) is 5.82 Å². The lowest BCUT2D eigenvalue weighted by molar-refractivity contribution is -0.159. The second-order valence-corrected chi connectivity index (χ2v) is 4.65. The van der Waals surface area contributed by atoms with Crippen LogP contribution in [0.3, 0.4) is 0 Å². The molecule has 2 aromatic rings. The highest BCUT2D eigenvalue weighted by molar-refractivity contribution is 7.98. The Morgan fingerprint density at radius 3 is 2.58 bits per heavy atom. The quantitative estimate of drug-likeness (QED) is 0.799. The fraction of sp³-hybridized carbons (Fsp3) is 0.333. The van der Waals surface area contributed by atoms with Gasteiger partial charge in [-0.2, -0.15) is 18.2 Å². The van der Waals surface area contributed by atoms with Crippen molar-refractivity contribution in [2.45, 2.75) is 24.4 Å². The molecule has 0 spiro atoms. The zero-order valence-electron chi connectivity index (χ0n) is 10.3. The number of hydrogen-bond acceptors (Lipinski definition) is 4. The molecule has 0 aliphatic carbocycles. The normalized spacial score (nSPS) is 11.8.